The molecule has 2 aromatic heterocycles. The third-order valence-electron chi connectivity index (χ3n) is 3.97. The first-order chi connectivity index (χ1) is 14.8. The molecule has 1 aromatic carbocycles. The van der Waals surface area contributed by atoms with E-state index in [4.69, 9.17) is 0 Å². The van der Waals surface area contributed by atoms with E-state index in [0.29, 0.717) is 35.5 Å². The van der Waals surface area contributed by atoms with Crippen molar-refractivity contribution in [2.75, 3.05) is 29.0 Å². The number of aryl methyl sites for hydroxylation is 1. The first kappa shape index (κ1) is 22.1. The van der Waals surface area contributed by atoms with Crippen LogP contribution in [0.25, 0.3) is 0 Å². The first-order valence-corrected chi connectivity index (χ1v) is 10.9. The molecular formula is C20H23N7O3S. The van der Waals surface area contributed by atoms with E-state index in [0.717, 1.165) is 0 Å². The molecule has 0 bridgehead atoms. The molecule has 0 fully saturated rings. The Morgan fingerprint density at radius 1 is 0.968 bits per heavy atom. The van der Waals surface area contributed by atoms with Gasteiger partial charge in [0.05, 0.1) is 4.90 Å². The first-order valence-electron chi connectivity index (χ1n) is 9.47. The number of carbonyl (C=O) groups is 1. The summed E-state index contributed by atoms with van der Waals surface area (Å²) in [6.07, 6.45) is 1.68. The van der Waals surface area contributed by atoms with Crippen LogP contribution in [-0.2, 0) is 14.8 Å². The Balaban J connectivity index is 1.54. The highest BCUT2D eigenvalue weighted by molar-refractivity contribution is 7.89. The van der Waals surface area contributed by atoms with Gasteiger partial charge in [0.25, 0.3) is 0 Å². The minimum atomic E-state index is -3.67. The van der Waals surface area contributed by atoms with Crippen LogP contribution < -0.4 is 20.7 Å². The van der Waals surface area contributed by atoms with Crippen LogP contribution in [0, 0.1) is 6.92 Å². The van der Waals surface area contributed by atoms with E-state index in [1.807, 2.05) is 18.2 Å². The van der Waals surface area contributed by atoms with Gasteiger partial charge < -0.3 is 16.0 Å². The molecule has 0 aliphatic rings. The molecule has 1 amide bonds. The lowest BCUT2D eigenvalue weighted by atomic mass is 10.3. The van der Waals surface area contributed by atoms with Crippen molar-refractivity contribution in [3.05, 3.63) is 60.6 Å². The summed E-state index contributed by atoms with van der Waals surface area (Å²) in [6, 6.07) is 13.2. The monoisotopic (exact) mass is 441 g/mol. The molecule has 2 heterocycles. The van der Waals surface area contributed by atoms with Crippen LogP contribution in [0.3, 0.4) is 0 Å². The molecule has 11 heteroatoms. The molecular weight excluding hydrogens is 418 g/mol. The smallest absolute Gasteiger partial charge is 0.240 e. The van der Waals surface area contributed by atoms with Gasteiger partial charge >= 0.3 is 0 Å². The summed E-state index contributed by atoms with van der Waals surface area (Å²) in [5.41, 5.74) is 0.530. The number of nitrogens with zero attached hydrogens (tertiary/aromatic N) is 3. The summed E-state index contributed by atoms with van der Waals surface area (Å²) >= 11 is 0. The Labute approximate surface area is 180 Å². The maximum Gasteiger partial charge on any atom is 0.240 e. The minimum Gasteiger partial charge on any atom is -0.369 e. The van der Waals surface area contributed by atoms with Gasteiger partial charge in [-0.25, -0.2) is 28.1 Å². The second-order valence-corrected chi connectivity index (χ2v) is 8.32. The zero-order chi connectivity index (χ0) is 22.3. The Hall–Kier alpha value is -3.57. The van der Waals surface area contributed by atoms with Crippen LogP contribution in [0.1, 0.15) is 12.7 Å². The van der Waals surface area contributed by atoms with Gasteiger partial charge in [0.1, 0.15) is 23.3 Å². The number of aromatic nitrogens is 3. The summed E-state index contributed by atoms with van der Waals surface area (Å²) in [6.45, 7) is 3.63. The van der Waals surface area contributed by atoms with Crippen LogP contribution in [0.5, 0.6) is 0 Å². The predicted octanol–water partition coefficient (Wildman–Crippen LogP) is 2.27. The predicted molar refractivity (Wildman–Crippen MR) is 119 cm³/mol. The number of amides is 1. The maximum absolute atomic E-state index is 12.4. The van der Waals surface area contributed by atoms with Crippen molar-refractivity contribution in [1.29, 1.82) is 0 Å². The average Bonchev–Trinajstić information content (AvgIpc) is 2.72. The second-order valence-electron chi connectivity index (χ2n) is 6.56. The molecule has 0 saturated carbocycles. The Kier molecular flexibility index (Phi) is 7.11. The quantitative estimate of drug-likeness (QED) is 0.371. The second kappa shape index (κ2) is 9.96. The molecule has 3 rings (SSSR count). The van der Waals surface area contributed by atoms with Gasteiger partial charge in [0.2, 0.25) is 15.9 Å². The van der Waals surface area contributed by atoms with Crippen molar-refractivity contribution in [1.82, 2.24) is 19.7 Å². The summed E-state index contributed by atoms with van der Waals surface area (Å²) in [7, 11) is -3.67. The fraction of sp³-hybridized carbons (Fsp3) is 0.200. The van der Waals surface area contributed by atoms with Gasteiger partial charge in [-0.05, 0) is 43.3 Å². The zero-order valence-electron chi connectivity index (χ0n) is 17.1. The topological polar surface area (TPSA) is 138 Å². The van der Waals surface area contributed by atoms with Crippen molar-refractivity contribution in [3.8, 4) is 0 Å². The van der Waals surface area contributed by atoms with Crippen LogP contribution in [0.2, 0.25) is 0 Å². The molecule has 0 atom stereocenters. The molecule has 31 heavy (non-hydrogen) atoms. The lowest BCUT2D eigenvalue weighted by molar-refractivity contribution is -0.114. The van der Waals surface area contributed by atoms with E-state index in [2.05, 4.69) is 35.6 Å². The molecule has 0 unspecified atom stereocenters. The van der Waals surface area contributed by atoms with Crippen molar-refractivity contribution < 1.29 is 13.2 Å². The highest BCUT2D eigenvalue weighted by Gasteiger charge is 2.13. The van der Waals surface area contributed by atoms with E-state index in [1.54, 1.807) is 19.2 Å². The zero-order valence-corrected chi connectivity index (χ0v) is 17.9. The number of hydrogen-bond acceptors (Lipinski definition) is 8. The van der Waals surface area contributed by atoms with Crippen molar-refractivity contribution >= 4 is 39.1 Å². The Morgan fingerprint density at radius 3 is 2.39 bits per heavy atom. The fourth-order valence-electron chi connectivity index (χ4n) is 2.67. The molecule has 0 saturated heterocycles. The molecule has 162 valence electrons. The van der Waals surface area contributed by atoms with Crippen molar-refractivity contribution in [2.24, 2.45) is 0 Å². The summed E-state index contributed by atoms with van der Waals surface area (Å²) < 4.78 is 27.4. The number of carbonyl (C=O) groups excluding carboxylic acids is 1. The number of sulfonamides is 1. The highest BCUT2D eigenvalue weighted by atomic mass is 32.2. The van der Waals surface area contributed by atoms with E-state index in [9.17, 15) is 13.2 Å². The number of pyridine rings is 1. The molecule has 0 radical (unpaired) electrons. The summed E-state index contributed by atoms with van der Waals surface area (Å²) in [4.78, 5) is 24.0. The van der Waals surface area contributed by atoms with E-state index in [1.165, 1.54) is 31.2 Å². The molecule has 0 aliphatic carbocycles. The Bertz CT molecular complexity index is 1140. The van der Waals surface area contributed by atoms with Crippen molar-refractivity contribution in [3.63, 3.8) is 0 Å². The third kappa shape index (κ3) is 6.73. The molecule has 0 spiro atoms. The van der Waals surface area contributed by atoms with Crippen LogP contribution in [0.4, 0.5) is 23.1 Å². The van der Waals surface area contributed by atoms with E-state index < -0.39 is 10.0 Å². The SMILES string of the molecule is CC(=O)Nc1ccc(S(=O)(=O)NCCNc2cc(Nc3ccccn3)nc(C)n2)cc1. The lowest BCUT2D eigenvalue weighted by Gasteiger charge is -2.11. The Morgan fingerprint density at radius 2 is 1.71 bits per heavy atom. The number of benzene rings is 1. The van der Waals surface area contributed by atoms with E-state index in [-0.39, 0.29) is 17.3 Å². The van der Waals surface area contributed by atoms with Gasteiger partial charge in [-0.15, -0.1) is 0 Å². The lowest BCUT2D eigenvalue weighted by Crippen LogP contribution is -2.29. The van der Waals surface area contributed by atoms with Crippen LogP contribution >= 0.6 is 0 Å². The van der Waals surface area contributed by atoms with Gasteiger partial charge in [-0.1, -0.05) is 6.07 Å². The highest BCUT2D eigenvalue weighted by Crippen LogP contribution is 2.16. The van der Waals surface area contributed by atoms with Crippen LogP contribution in [-0.4, -0.2) is 42.4 Å². The minimum absolute atomic E-state index is 0.112. The average molecular weight is 442 g/mol. The molecule has 0 aliphatic heterocycles. The van der Waals surface area contributed by atoms with Gasteiger partial charge in [0, 0.05) is 38.0 Å². The van der Waals surface area contributed by atoms with Crippen LogP contribution in [0.15, 0.2) is 59.6 Å². The standard InChI is InChI=1S/C20H23N7O3S/c1-14-24-19(13-20(25-14)27-18-5-3-4-10-21-18)22-11-12-23-31(29,30)17-8-6-16(7-9-17)26-15(2)28/h3-10,13,23H,11-12H2,1-2H3,(H,26,28)(H2,21,22,24,25,27). The summed E-state index contributed by atoms with van der Waals surface area (Å²) in [5.74, 6) is 2.13. The normalized spacial score (nSPS) is 11.0. The van der Waals surface area contributed by atoms with Gasteiger partial charge in [-0.3, -0.25) is 4.79 Å². The fourth-order valence-corrected chi connectivity index (χ4v) is 3.70. The number of hydrogen-bond donors (Lipinski definition) is 4. The number of rotatable bonds is 9. The van der Waals surface area contributed by atoms with Gasteiger partial charge in [0.15, 0.2) is 0 Å². The largest absolute Gasteiger partial charge is 0.369 e. The molecule has 4 N–H and O–H groups in total. The molecule has 3 aromatic rings. The van der Waals surface area contributed by atoms with E-state index >= 15 is 0 Å². The van der Waals surface area contributed by atoms with Crippen molar-refractivity contribution in [2.45, 2.75) is 18.7 Å². The number of anilines is 4. The summed E-state index contributed by atoms with van der Waals surface area (Å²) in [5, 5.41) is 8.77. The maximum atomic E-state index is 12.4. The van der Waals surface area contributed by atoms with Gasteiger partial charge in [-0.2, -0.15) is 0 Å². The third-order valence-corrected chi connectivity index (χ3v) is 5.44. The molecule has 10 nitrogen and oxygen atoms in total. The number of nitrogens with one attached hydrogen (secondary N) is 4.